The summed E-state index contributed by atoms with van der Waals surface area (Å²) in [6.45, 7) is 0.412. The first kappa shape index (κ1) is 17.5. The summed E-state index contributed by atoms with van der Waals surface area (Å²) in [5.74, 6) is 0.302. The van der Waals surface area contributed by atoms with E-state index in [0.717, 1.165) is 16.7 Å². The highest BCUT2D eigenvalue weighted by molar-refractivity contribution is 5.93. The van der Waals surface area contributed by atoms with Crippen molar-refractivity contribution >= 4 is 5.91 Å². The zero-order valence-corrected chi connectivity index (χ0v) is 15.0. The Morgan fingerprint density at radius 1 is 1.00 bits per heavy atom. The van der Waals surface area contributed by atoms with Crippen LogP contribution < -0.4 is 5.32 Å². The summed E-state index contributed by atoms with van der Waals surface area (Å²) in [6.07, 6.45) is 4.53. The van der Waals surface area contributed by atoms with E-state index >= 15 is 0 Å². The predicted molar refractivity (Wildman–Crippen MR) is 106 cm³/mol. The summed E-state index contributed by atoms with van der Waals surface area (Å²) in [5.41, 5.74) is 3.67. The number of carbonyl (C=O) groups excluding carboxylic acids is 1. The number of hydrogen-bond donors (Lipinski definition) is 2. The van der Waals surface area contributed by atoms with E-state index in [0.29, 0.717) is 17.9 Å². The van der Waals surface area contributed by atoms with Crippen LogP contribution >= 0.6 is 0 Å². The molecule has 2 N–H and O–H groups in total. The molecule has 0 bridgehead atoms. The summed E-state index contributed by atoms with van der Waals surface area (Å²) < 4.78 is 1.45. The van der Waals surface area contributed by atoms with Crippen LogP contribution in [-0.4, -0.2) is 25.8 Å². The second-order valence-corrected chi connectivity index (χ2v) is 6.29. The number of aromatic hydroxyl groups is 1. The van der Waals surface area contributed by atoms with Crippen molar-refractivity contribution in [2.24, 2.45) is 0 Å². The lowest BCUT2D eigenvalue weighted by Gasteiger charge is -2.07. The fourth-order valence-corrected chi connectivity index (χ4v) is 2.87. The second-order valence-electron chi connectivity index (χ2n) is 6.29. The van der Waals surface area contributed by atoms with E-state index < -0.39 is 0 Å². The standard InChI is InChI=1S/C22H18N4O2/c27-20-9-10-23-21(12-20)26-15-19(14-25-26)22(28)24-13-16-5-4-8-18(11-16)17-6-2-1-3-7-17/h1-12,14-15H,13H2,(H,23,27)(H,24,28). The van der Waals surface area contributed by atoms with E-state index in [1.165, 1.54) is 29.2 Å². The number of nitrogens with one attached hydrogen (secondary N) is 1. The molecule has 4 aromatic rings. The van der Waals surface area contributed by atoms with Crippen molar-refractivity contribution in [3.05, 3.63) is 96.4 Å². The SMILES string of the molecule is O=C(NCc1cccc(-c2ccccc2)c1)c1cnn(-c2cc(O)ccn2)c1. The molecular weight excluding hydrogens is 352 g/mol. The van der Waals surface area contributed by atoms with E-state index in [1.807, 2.05) is 36.4 Å². The van der Waals surface area contributed by atoms with Crippen LogP contribution in [-0.2, 0) is 6.54 Å². The summed E-state index contributed by atoms with van der Waals surface area (Å²) in [6, 6.07) is 21.1. The van der Waals surface area contributed by atoms with Crippen LogP contribution in [0.4, 0.5) is 0 Å². The molecule has 0 radical (unpaired) electrons. The van der Waals surface area contributed by atoms with Gasteiger partial charge in [-0.15, -0.1) is 0 Å². The summed E-state index contributed by atoms with van der Waals surface area (Å²) in [7, 11) is 0. The minimum Gasteiger partial charge on any atom is -0.508 e. The normalized spacial score (nSPS) is 10.6. The number of carbonyl (C=O) groups is 1. The highest BCUT2D eigenvalue weighted by Gasteiger charge is 2.10. The molecule has 0 fully saturated rings. The fourth-order valence-electron chi connectivity index (χ4n) is 2.87. The average Bonchev–Trinajstić information content (AvgIpc) is 3.23. The Hall–Kier alpha value is -3.93. The maximum Gasteiger partial charge on any atom is 0.254 e. The van der Waals surface area contributed by atoms with Gasteiger partial charge in [-0.2, -0.15) is 5.10 Å². The van der Waals surface area contributed by atoms with Gasteiger partial charge in [0.25, 0.3) is 5.91 Å². The van der Waals surface area contributed by atoms with Gasteiger partial charge >= 0.3 is 0 Å². The highest BCUT2D eigenvalue weighted by Crippen LogP contribution is 2.20. The minimum absolute atomic E-state index is 0.0878. The molecule has 0 saturated carbocycles. The van der Waals surface area contributed by atoms with Gasteiger partial charge in [0.15, 0.2) is 5.82 Å². The molecule has 28 heavy (non-hydrogen) atoms. The lowest BCUT2D eigenvalue weighted by Crippen LogP contribution is -2.22. The van der Waals surface area contributed by atoms with E-state index in [1.54, 1.807) is 6.20 Å². The highest BCUT2D eigenvalue weighted by atomic mass is 16.3. The number of pyridine rings is 1. The van der Waals surface area contributed by atoms with Crippen molar-refractivity contribution in [2.45, 2.75) is 6.54 Å². The van der Waals surface area contributed by atoms with E-state index in [9.17, 15) is 9.90 Å². The van der Waals surface area contributed by atoms with Gasteiger partial charge in [0.1, 0.15) is 5.75 Å². The van der Waals surface area contributed by atoms with Gasteiger partial charge in [-0.05, 0) is 28.8 Å². The predicted octanol–water partition coefficient (Wildman–Crippen LogP) is 3.57. The molecule has 4 rings (SSSR count). The molecule has 0 aliphatic heterocycles. The number of hydrogen-bond acceptors (Lipinski definition) is 4. The topological polar surface area (TPSA) is 80.0 Å². The van der Waals surface area contributed by atoms with Gasteiger partial charge in [-0.1, -0.05) is 48.5 Å². The van der Waals surface area contributed by atoms with E-state index in [-0.39, 0.29) is 11.7 Å². The Morgan fingerprint density at radius 2 is 1.82 bits per heavy atom. The van der Waals surface area contributed by atoms with Crippen LogP contribution in [0.2, 0.25) is 0 Å². The van der Waals surface area contributed by atoms with Crippen LogP contribution in [0.5, 0.6) is 5.75 Å². The summed E-state index contributed by atoms with van der Waals surface area (Å²) in [5, 5.41) is 16.6. The Balaban J connectivity index is 1.44. The van der Waals surface area contributed by atoms with Crippen molar-refractivity contribution < 1.29 is 9.90 Å². The molecule has 2 aromatic carbocycles. The molecule has 0 unspecified atom stereocenters. The molecule has 0 aliphatic rings. The van der Waals surface area contributed by atoms with Crippen molar-refractivity contribution in [3.63, 3.8) is 0 Å². The smallest absolute Gasteiger partial charge is 0.254 e. The maximum absolute atomic E-state index is 12.5. The third-order valence-electron chi connectivity index (χ3n) is 4.30. The van der Waals surface area contributed by atoms with E-state index in [2.05, 4.69) is 33.6 Å². The Bertz CT molecular complexity index is 1110. The quantitative estimate of drug-likeness (QED) is 0.563. The third-order valence-corrected chi connectivity index (χ3v) is 4.30. The number of rotatable bonds is 5. The average molecular weight is 370 g/mol. The van der Waals surface area contributed by atoms with Gasteiger partial charge in [0.05, 0.1) is 11.8 Å². The van der Waals surface area contributed by atoms with Crippen molar-refractivity contribution in [1.82, 2.24) is 20.1 Å². The van der Waals surface area contributed by atoms with Crippen molar-refractivity contribution in [2.75, 3.05) is 0 Å². The third kappa shape index (κ3) is 3.91. The lowest BCUT2D eigenvalue weighted by molar-refractivity contribution is 0.0951. The van der Waals surface area contributed by atoms with Gasteiger partial charge in [-0.3, -0.25) is 4.79 Å². The lowest BCUT2D eigenvalue weighted by atomic mass is 10.0. The zero-order chi connectivity index (χ0) is 19.3. The van der Waals surface area contributed by atoms with Gasteiger partial charge in [0, 0.05) is 25.0 Å². The van der Waals surface area contributed by atoms with Crippen molar-refractivity contribution in [1.29, 1.82) is 0 Å². The molecule has 0 atom stereocenters. The molecule has 2 aromatic heterocycles. The fraction of sp³-hybridized carbons (Fsp3) is 0.0455. The zero-order valence-electron chi connectivity index (χ0n) is 15.0. The number of nitrogens with zero attached hydrogens (tertiary/aromatic N) is 3. The molecule has 0 saturated heterocycles. The van der Waals surface area contributed by atoms with Crippen molar-refractivity contribution in [3.8, 4) is 22.7 Å². The first-order valence-electron chi connectivity index (χ1n) is 8.82. The number of amides is 1. The van der Waals surface area contributed by atoms with E-state index in [4.69, 9.17) is 0 Å². The van der Waals surface area contributed by atoms with Crippen LogP contribution in [0, 0.1) is 0 Å². The van der Waals surface area contributed by atoms with Crippen LogP contribution in [0.15, 0.2) is 85.3 Å². The van der Waals surface area contributed by atoms with Gasteiger partial charge in [0.2, 0.25) is 0 Å². The minimum atomic E-state index is -0.225. The first-order chi connectivity index (χ1) is 13.7. The first-order valence-corrected chi connectivity index (χ1v) is 8.82. The molecular formula is C22H18N4O2. The van der Waals surface area contributed by atoms with Gasteiger partial charge in [-0.25, -0.2) is 9.67 Å². The van der Waals surface area contributed by atoms with Gasteiger partial charge < -0.3 is 10.4 Å². The maximum atomic E-state index is 12.5. The second kappa shape index (κ2) is 7.75. The molecule has 0 aliphatic carbocycles. The molecule has 2 heterocycles. The molecule has 6 nitrogen and oxygen atoms in total. The summed E-state index contributed by atoms with van der Waals surface area (Å²) >= 11 is 0. The Kier molecular flexibility index (Phi) is 4.84. The molecule has 1 amide bonds. The number of benzene rings is 2. The largest absolute Gasteiger partial charge is 0.508 e. The molecule has 138 valence electrons. The summed E-state index contributed by atoms with van der Waals surface area (Å²) in [4.78, 5) is 16.6. The molecule has 0 spiro atoms. The Morgan fingerprint density at radius 3 is 2.64 bits per heavy atom. The van der Waals surface area contributed by atoms with Crippen LogP contribution in [0.3, 0.4) is 0 Å². The van der Waals surface area contributed by atoms with Crippen LogP contribution in [0.25, 0.3) is 16.9 Å². The number of aromatic nitrogens is 3. The monoisotopic (exact) mass is 370 g/mol. The Labute approximate surface area is 162 Å². The molecule has 6 heteroatoms. The van der Waals surface area contributed by atoms with Crippen LogP contribution in [0.1, 0.15) is 15.9 Å².